The monoisotopic (exact) mass is 474 g/mol. The Labute approximate surface area is 199 Å². The Morgan fingerprint density at radius 3 is 2.39 bits per heavy atom. The SMILES string of the molecule is Cc1cc(OCCO)c(S)c(C2(OCC3CC3)CCC(C(=O)O)(c3ccc(F)cc3)CC2)c1. The van der Waals surface area contributed by atoms with Crippen LogP contribution in [-0.4, -0.2) is 36.0 Å². The lowest BCUT2D eigenvalue weighted by atomic mass is 9.63. The molecule has 0 atom stereocenters. The van der Waals surface area contributed by atoms with Crippen molar-refractivity contribution in [1.82, 2.24) is 0 Å². The van der Waals surface area contributed by atoms with Gasteiger partial charge in [-0.15, -0.1) is 12.6 Å². The van der Waals surface area contributed by atoms with Crippen LogP contribution in [0.5, 0.6) is 5.75 Å². The summed E-state index contributed by atoms with van der Waals surface area (Å²) >= 11 is 4.78. The third-order valence-corrected chi connectivity index (χ3v) is 7.53. The normalized spacial score (nSPS) is 25.1. The number of aliphatic hydroxyl groups is 1. The summed E-state index contributed by atoms with van der Waals surface area (Å²) in [6.07, 6.45) is 4.03. The zero-order valence-electron chi connectivity index (χ0n) is 18.8. The van der Waals surface area contributed by atoms with E-state index in [9.17, 15) is 19.4 Å². The summed E-state index contributed by atoms with van der Waals surface area (Å²) in [6, 6.07) is 9.75. The number of rotatable bonds is 9. The summed E-state index contributed by atoms with van der Waals surface area (Å²) in [7, 11) is 0. The number of hydrogen-bond donors (Lipinski definition) is 3. The van der Waals surface area contributed by atoms with Gasteiger partial charge in [-0.25, -0.2) is 4.39 Å². The van der Waals surface area contributed by atoms with Gasteiger partial charge >= 0.3 is 5.97 Å². The maximum atomic E-state index is 13.5. The number of halogens is 1. The number of aliphatic carboxylic acids is 1. The first-order valence-corrected chi connectivity index (χ1v) is 12.0. The highest BCUT2D eigenvalue weighted by molar-refractivity contribution is 7.80. The molecular formula is C26H31FO5S. The number of benzene rings is 2. The van der Waals surface area contributed by atoms with Crippen molar-refractivity contribution in [2.24, 2.45) is 5.92 Å². The first-order valence-electron chi connectivity index (χ1n) is 11.5. The number of carbonyl (C=O) groups is 1. The number of ether oxygens (including phenoxy) is 2. The summed E-state index contributed by atoms with van der Waals surface area (Å²) in [4.78, 5) is 13.1. The fourth-order valence-electron chi connectivity index (χ4n) is 4.89. The van der Waals surface area contributed by atoms with Gasteiger partial charge in [0.2, 0.25) is 0 Å². The molecule has 2 fully saturated rings. The number of aliphatic hydroxyl groups excluding tert-OH is 1. The number of aryl methyl sites for hydroxylation is 1. The first-order chi connectivity index (χ1) is 15.8. The lowest BCUT2D eigenvalue weighted by Gasteiger charge is -2.45. The van der Waals surface area contributed by atoms with E-state index in [1.807, 2.05) is 19.1 Å². The fourth-order valence-corrected chi connectivity index (χ4v) is 5.28. The molecule has 33 heavy (non-hydrogen) atoms. The maximum Gasteiger partial charge on any atom is 0.314 e. The van der Waals surface area contributed by atoms with Crippen molar-refractivity contribution in [3.05, 3.63) is 58.9 Å². The molecule has 0 radical (unpaired) electrons. The minimum atomic E-state index is -1.09. The molecule has 2 aromatic rings. The summed E-state index contributed by atoms with van der Waals surface area (Å²) in [5, 5.41) is 19.4. The summed E-state index contributed by atoms with van der Waals surface area (Å²) in [5.74, 6) is -0.145. The zero-order chi connectivity index (χ0) is 23.6. The molecule has 7 heteroatoms. The van der Waals surface area contributed by atoms with E-state index in [4.69, 9.17) is 22.1 Å². The van der Waals surface area contributed by atoms with Gasteiger partial charge in [-0.05, 0) is 80.7 Å². The number of carboxylic acid groups (broad SMARTS) is 1. The Hall–Kier alpha value is -2.09. The standard InChI is InChI=1S/C26H31FO5S/c1-17-14-21(23(33)22(15-17)31-13-12-28)26(32-16-18-2-3-18)10-8-25(9-11-26,24(29)30)19-4-6-20(27)7-5-19/h4-7,14-15,18,28,33H,2-3,8-13,16H2,1H3,(H,29,30). The second-order valence-corrected chi connectivity index (χ2v) is 9.82. The first kappa shape index (κ1) is 24.0. The van der Waals surface area contributed by atoms with Crippen LogP contribution in [0, 0.1) is 18.7 Å². The highest BCUT2D eigenvalue weighted by Gasteiger charge is 2.50. The van der Waals surface area contributed by atoms with Crippen molar-refractivity contribution in [2.45, 2.75) is 61.4 Å². The Morgan fingerprint density at radius 2 is 1.82 bits per heavy atom. The van der Waals surface area contributed by atoms with Crippen LogP contribution in [0.1, 0.15) is 55.2 Å². The predicted molar refractivity (Wildman–Crippen MR) is 126 cm³/mol. The van der Waals surface area contributed by atoms with E-state index in [1.54, 1.807) is 12.1 Å². The molecule has 2 N–H and O–H groups in total. The Kier molecular flexibility index (Phi) is 7.03. The van der Waals surface area contributed by atoms with Gasteiger partial charge in [-0.3, -0.25) is 4.79 Å². The van der Waals surface area contributed by atoms with Crippen LogP contribution >= 0.6 is 12.6 Å². The molecule has 0 unspecified atom stereocenters. The van der Waals surface area contributed by atoms with Gasteiger partial charge in [-0.1, -0.05) is 18.2 Å². The molecule has 5 nitrogen and oxygen atoms in total. The highest BCUT2D eigenvalue weighted by Crippen LogP contribution is 2.52. The number of hydrogen-bond acceptors (Lipinski definition) is 5. The second kappa shape index (κ2) is 9.65. The lowest BCUT2D eigenvalue weighted by molar-refractivity contribution is -0.151. The minimum Gasteiger partial charge on any atom is -0.490 e. The molecule has 2 aromatic carbocycles. The molecule has 0 amide bonds. The molecule has 2 aliphatic rings. The van der Waals surface area contributed by atoms with E-state index in [2.05, 4.69) is 0 Å². The van der Waals surface area contributed by atoms with E-state index in [-0.39, 0.29) is 19.0 Å². The van der Waals surface area contributed by atoms with E-state index in [0.29, 0.717) is 54.4 Å². The van der Waals surface area contributed by atoms with E-state index < -0.39 is 17.0 Å². The number of thiol groups is 1. The van der Waals surface area contributed by atoms with E-state index in [0.717, 1.165) is 24.0 Å². The highest BCUT2D eigenvalue weighted by atomic mass is 32.1. The van der Waals surface area contributed by atoms with Gasteiger partial charge in [0.15, 0.2) is 0 Å². The van der Waals surface area contributed by atoms with Crippen LogP contribution in [0.3, 0.4) is 0 Å². The Morgan fingerprint density at radius 1 is 1.15 bits per heavy atom. The fraction of sp³-hybridized carbons (Fsp3) is 0.500. The Bertz CT molecular complexity index is 994. The summed E-state index contributed by atoms with van der Waals surface area (Å²) < 4.78 is 25.8. The van der Waals surface area contributed by atoms with Crippen molar-refractivity contribution >= 4 is 18.6 Å². The average Bonchev–Trinajstić information content (AvgIpc) is 3.63. The molecule has 0 spiro atoms. The van der Waals surface area contributed by atoms with Gasteiger partial charge in [0.05, 0.1) is 29.1 Å². The second-order valence-electron chi connectivity index (χ2n) is 9.37. The lowest BCUT2D eigenvalue weighted by Crippen LogP contribution is -2.46. The van der Waals surface area contributed by atoms with Crippen LogP contribution in [0.15, 0.2) is 41.3 Å². The maximum absolute atomic E-state index is 13.5. The van der Waals surface area contributed by atoms with Gasteiger partial charge in [-0.2, -0.15) is 0 Å². The summed E-state index contributed by atoms with van der Waals surface area (Å²) in [5.41, 5.74) is 0.740. The predicted octanol–water partition coefficient (Wildman–Crippen LogP) is 5.01. The van der Waals surface area contributed by atoms with Crippen molar-refractivity contribution in [2.75, 3.05) is 19.8 Å². The van der Waals surface area contributed by atoms with Crippen LogP contribution in [0.25, 0.3) is 0 Å². The number of carboxylic acids is 1. The van der Waals surface area contributed by atoms with Crippen molar-refractivity contribution in [3.63, 3.8) is 0 Å². The average molecular weight is 475 g/mol. The van der Waals surface area contributed by atoms with Gasteiger partial charge in [0, 0.05) is 5.56 Å². The van der Waals surface area contributed by atoms with Gasteiger partial charge in [0.25, 0.3) is 0 Å². The minimum absolute atomic E-state index is 0.0986. The third kappa shape index (κ3) is 4.91. The van der Waals surface area contributed by atoms with E-state index in [1.165, 1.54) is 12.1 Å². The van der Waals surface area contributed by atoms with Gasteiger partial charge < -0.3 is 19.7 Å². The quantitative estimate of drug-likeness (QED) is 0.446. The van der Waals surface area contributed by atoms with Crippen molar-refractivity contribution < 1.29 is 28.9 Å². The molecule has 0 aliphatic heterocycles. The van der Waals surface area contributed by atoms with Crippen LogP contribution in [0.2, 0.25) is 0 Å². The molecule has 178 valence electrons. The van der Waals surface area contributed by atoms with Crippen molar-refractivity contribution in [1.29, 1.82) is 0 Å². The Balaban J connectivity index is 1.70. The molecular weight excluding hydrogens is 443 g/mol. The molecule has 0 aromatic heterocycles. The molecule has 0 bridgehead atoms. The topological polar surface area (TPSA) is 76.0 Å². The smallest absolute Gasteiger partial charge is 0.314 e. The largest absolute Gasteiger partial charge is 0.490 e. The van der Waals surface area contributed by atoms with E-state index >= 15 is 0 Å². The molecule has 0 heterocycles. The zero-order valence-corrected chi connectivity index (χ0v) is 19.7. The molecule has 2 saturated carbocycles. The van der Waals surface area contributed by atoms with Crippen LogP contribution in [0.4, 0.5) is 4.39 Å². The third-order valence-electron chi connectivity index (χ3n) is 7.07. The van der Waals surface area contributed by atoms with Crippen LogP contribution < -0.4 is 4.74 Å². The molecule has 2 aliphatic carbocycles. The van der Waals surface area contributed by atoms with Gasteiger partial charge in [0.1, 0.15) is 18.2 Å². The van der Waals surface area contributed by atoms with Crippen LogP contribution in [-0.2, 0) is 20.5 Å². The summed E-state index contributed by atoms with van der Waals surface area (Å²) in [6.45, 7) is 2.67. The molecule has 0 saturated heterocycles. The molecule has 4 rings (SSSR count). The van der Waals surface area contributed by atoms with Crippen molar-refractivity contribution in [3.8, 4) is 5.75 Å².